The molecule has 2 unspecified atom stereocenters. The second-order valence-electron chi connectivity index (χ2n) is 24.8. The van der Waals surface area contributed by atoms with E-state index in [0.717, 1.165) is 24.9 Å². The molecule has 0 N–H and O–H groups in total. The first-order valence-corrected chi connectivity index (χ1v) is 27.7. The SMILES string of the molecule is CC1(C)Cc2cc3c(cc2C1)N(c1ccc(C(C)(C)C)cc1-c1ccccc1)c1cc(N2c4ccccc4C4(C)CCCCC24C)cc2c1B3c1cc(-c3ccccc3)ccc1N2c1ccc(-c2ccccc2)cc1. The predicted molar refractivity (Wildman–Crippen MR) is 319 cm³/mol. The molecule has 1 saturated carbocycles. The fraction of sp³-hybridized carbons (Fsp3) is 0.239. The molecule has 9 aromatic carbocycles. The number of hydrogen-bond donors (Lipinski definition) is 0. The zero-order valence-corrected chi connectivity index (χ0v) is 44.7. The van der Waals surface area contributed by atoms with Gasteiger partial charge < -0.3 is 14.7 Å². The molecule has 0 saturated heterocycles. The van der Waals surface area contributed by atoms with Gasteiger partial charge in [-0.3, -0.25) is 0 Å². The van der Waals surface area contributed by atoms with Gasteiger partial charge in [0.25, 0.3) is 6.71 Å². The normalized spacial score (nSPS) is 19.7. The lowest BCUT2D eigenvalue weighted by Crippen LogP contribution is -2.61. The number of nitrogens with zero attached hydrogens (tertiary/aromatic N) is 3. The van der Waals surface area contributed by atoms with Crippen molar-refractivity contribution in [3.63, 3.8) is 0 Å². The molecule has 0 radical (unpaired) electrons. The van der Waals surface area contributed by atoms with Gasteiger partial charge in [-0.25, -0.2) is 0 Å². The van der Waals surface area contributed by atoms with Crippen LogP contribution in [0.5, 0.6) is 0 Å². The van der Waals surface area contributed by atoms with E-state index < -0.39 is 0 Å². The minimum absolute atomic E-state index is 0.00613. The van der Waals surface area contributed by atoms with Gasteiger partial charge in [-0.05, 0) is 164 Å². The van der Waals surface area contributed by atoms with E-state index in [1.807, 2.05) is 0 Å². The molecule has 0 aromatic heterocycles. The topological polar surface area (TPSA) is 9.72 Å². The van der Waals surface area contributed by atoms with E-state index in [1.54, 1.807) is 0 Å². The summed E-state index contributed by atoms with van der Waals surface area (Å²) >= 11 is 0. The molecule has 0 amide bonds. The Morgan fingerprint density at radius 2 is 0.987 bits per heavy atom. The maximum absolute atomic E-state index is 2.80. The summed E-state index contributed by atoms with van der Waals surface area (Å²) in [6.07, 6.45) is 6.90. The quantitative estimate of drug-likeness (QED) is 0.154. The Morgan fingerprint density at radius 1 is 0.427 bits per heavy atom. The third-order valence-electron chi connectivity index (χ3n) is 18.5. The zero-order valence-electron chi connectivity index (χ0n) is 44.7. The van der Waals surface area contributed by atoms with E-state index in [-0.39, 0.29) is 28.5 Å². The van der Waals surface area contributed by atoms with Crippen molar-refractivity contribution >= 4 is 68.6 Å². The summed E-state index contributed by atoms with van der Waals surface area (Å²) in [6.45, 7) is 17.1. The molecule has 9 aromatic rings. The second-order valence-corrected chi connectivity index (χ2v) is 24.8. The molecule has 2 atom stereocenters. The number of hydrogen-bond acceptors (Lipinski definition) is 3. The second kappa shape index (κ2) is 16.7. The van der Waals surface area contributed by atoms with Crippen molar-refractivity contribution in [2.75, 3.05) is 14.7 Å². The number of rotatable bonds is 6. The van der Waals surface area contributed by atoms with Crippen LogP contribution in [0.1, 0.15) is 96.4 Å². The standard InChI is InChI=1S/C71H66BN3/c1-68(2,3)54-32-36-61(57(42-54)50-25-15-10-16-26-50)74-64-41-53-46-69(4,5)45-52(53)40-60(64)72-59-39-51(48-23-13-9-14-24-48)31-35-63(59)73(55-33-29-49(30-34-55)47-21-11-8-12-22-47)65-43-56(44-66(74)67(65)72)75-62-28-18-17-27-58(62)70(6)37-19-20-38-71(70,75)7/h8-18,21-36,39-44H,19-20,37-38,45-46H2,1-7H3. The maximum Gasteiger partial charge on any atom is 0.252 e. The maximum atomic E-state index is 2.80. The van der Waals surface area contributed by atoms with E-state index in [1.165, 1.54) is 131 Å². The van der Waals surface area contributed by atoms with E-state index in [2.05, 4.69) is 263 Å². The van der Waals surface area contributed by atoms with Crippen LogP contribution in [0.25, 0.3) is 33.4 Å². The number of para-hydroxylation sites is 1. The fourth-order valence-corrected chi connectivity index (χ4v) is 14.6. The van der Waals surface area contributed by atoms with E-state index >= 15 is 0 Å². The van der Waals surface area contributed by atoms with Crippen molar-refractivity contribution in [1.29, 1.82) is 0 Å². The first kappa shape index (κ1) is 46.0. The van der Waals surface area contributed by atoms with Crippen LogP contribution in [-0.2, 0) is 23.7 Å². The Morgan fingerprint density at radius 3 is 1.68 bits per heavy atom. The van der Waals surface area contributed by atoms with Crippen LogP contribution in [-0.4, -0.2) is 12.3 Å². The lowest BCUT2D eigenvalue weighted by atomic mass is 9.33. The average molecular weight is 972 g/mol. The summed E-state index contributed by atoms with van der Waals surface area (Å²) < 4.78 is 0. The number of anilines is 8. The van der Waals surface area contributed by atoms with Gasteiger partial charge in [0.15, 0.2) is 0 Å². The van der Waals surface area contributed by atoms with Crippen molar-refractivity contribution in [3.05, 3.63) is 222 Å². The van der Waals surface area contributed by atoms with Crippen molar-refractivity contribution in [1.82, 2.24) is 0 Å². The zero-order chi connectivity index (χ0) is 51.0. The highest BCUT2D eigenvalue weighted by Crippen LogP contribution is 2.62. The molecule has 75 heavy (non-hydrogen) atoms. The Hall–Kier alpha value is -7.56. The average Bonchev–Trinajstić information content (AvgIpc) is 4.04. The molecule has 0 bridgehead atoms. The molecule has 3 heterocycles. The smallest absolute Gasteiger partial charge is 0.252 e. The van der Waals surface area contributed by atoms with Gasteiger partial charge in [-0.1, -0.05) is 200 Å². The van der Waals surface area contributed by atoms with Crippen LogP contribution >= 0.6 is 0 Å². The summed E-state index contributed by atoms with van der Waals surface area (Å²) in [7, 11) is 0. The van der Waals surface area contributed by atoms with Gasteiger partial charge >= 0.3 is 0 Å². The summed E-state index contributed by atoms with van der Waals surface area (Å²) in [5, 5.41) is 0. The van der Waals surface area contributed by atoms with Crippen LogP contribution in [0.3, 0.4) is 0 Å². The summed E-state index contributed by atoms with van der Waals surface area (Å²) in [6, 6.07) is 77.0. The Balaban J connectivity index is 1.12. The van der Waals surface area contributed by atoms with Crippen molar-refractivity contribution in [3.8, 4) is 33.4 Å². The highest BCUT2D eigenvalue weighted by molar-refractivity contribution is 7.00. The van der Waals surface area contributed by atoms with Crippen molar-refractivity contribution < 1.29 is 0 Å². The third-order valence-corrected chi connectivity index (χ3v) is 18.5. The number of fused-ring (bicyclic) bond motifs is 8. The lowest BCUT2D eigenvalue weighted by molar-refractivity contribution is 0.195. The Bertz CT molecular complexity index is 3720. The monoisotopic (exact) mass is 972 g/mol. The minimum atomic E-state index is -0.137. The van der Waals surface area contributed by atoms with Crippen molar-refractivity contribution in [2.24, 2.45) is 5.41 Å². The first-order chi connectivity index (χ1) is 36.3. The third kappa shape index (κ3) is 7.08. The van der Waals surface area contributed by atoms with E-state index in [0.29, 0.717) is 0 Å². The molecule has 3 aliphatic heterocycles. The highest BCUT2D eigenvalue weighted by atomic mass is 15.3. The molecule has 5 aliphatic rings. The minimum Gasteiger partial charge on any atom is -0.334 e. The number of benzene rings is 9. The highest BCUT2D eigenvalue weighted by Gasteiger charge is 2.58. The van der Waals surface area contributed by atoms with Gasteiger partial charge in [0.05, 0.1) is 11.2 Å². The molecule has 368 valence electrons. The first-order valence-electron chi connectivity index (χ1n) is 27.7. The van der Waals surface area contributed by atoms with Crippen LogP contribution < -0.4 is 31.1 Å². The van der Waals surface area contributed by atoms with Crippen LogP contribution in [0.15, 0.2) is 200 Å². The molecule has 14 rings (SSSR count). The summed E-state index contributed by atoms with van der Waals surface area (Å²) in [5.41, 5.74) is 27.2. The molecule has 3 nitrogen and oxygen atoms in total. The van der Waals surface area contributed by atoms with Gasteiger partial charge in [-0.15, -0.1) is 0 Å². The molecular weight excluding hydrogens is 906 g/mol. The largest absolute Gasteiger partial charge is 0.334 e. The van der Waals surface area contributed by atoms with Crippen LogP contribution in [0, 0.1) is 5.41 Å². The van der Waals surface area contributed by atoms with Crippen LogP contribution in [0.2, 0.25) is 0 Å². The van der Waals surface area contributed by atoms with Gasteiger partial charge in [0.1, 0.15) is 0 Å². The summed E-state index contributed by atoms with van der Waals surface area (Å²) in [4.78, 5) is 8.15. The van der Waals surface area contributed by atoms with E-state index in [4.69, 9.17) is 0 Å². The van der Waals surface area contributed by atoms with E-state index in [9.17, 15) is 0 Å². The molecule has 0 spiro atoms. The predicted octanol–water partition coefficient (Wildman–Crippen LogP) is 16.9. The van der Waals surface area contributed by atoms with Crippen LogP contribution in [0.4, 0.5) is 45.5 Å². The van der Waals surface area contributed by atoms with Gasteiger partial charge in [-0.2, -0.15) is 0 Å². The molecule has 4 heteroatoms. The molecule has 1 fully saturated rings. The van der Waals surface area contributed by atoms with Gasteiger partial charge in [0.2, 0.25) is 0 Å². The Labute approximate surface area is 445 Å². The molecular formula is C71H66BN3. The molecule has 2 aliphatic carbocycles. The lowest BCUT2D eigenvalue weighted by Gasteiger charge is -2.51. The fourth-order valence-electron chi connectivity index (χ4n) is 14.6. The summed E-state index contributed by atoms with van der Waals surface area (Å²) in [5.74, 6) is 0. The van der Waals surface area contributed by atoms with Gasteiger partial charge in [0, 0.05) is 50.8 Å². The van der Waals surface area contributed by atoms with Crippen molar-refractivity contribution in [2.45, 2.75) is 103 Å². The Kier molecular flexibility index (Phi) is 10.3.